The minimum Gasteiger partial charge on any atom is -0.481 e. The number of carbonyl (C=O) groups excluding carboxylic acids is 2. The predicted molar refractivity (Wildman–Crippen MR) is 104 cm³/mol. The Bertz CT molecular complexity index is 913. The molecule has 6 nitrogen and oxygen atoms in total. The number of aliphatic carboxylic acids is 1. The molecule has 2 aromatic carbocycles. The van der Waals surface area contributed by atoms with Crippen molar-refractivity contribution in [2.75, 3.05) is 6.54 Å². The molecule has 2 aromatic rings. The number of nitrogens with zero attached hydrogens (tertiary/aromatic N) is 1. The lowest BCUT2D eigenvalue weighted by atomic mass is 9.90. The fourth-order valence-electron chi connectivity index (χ4n) is 3.80. The van der Waals surface area contributed by atoms with Crippen LogP contribution in [-0.4, -0.2) is 34.3 Å². The third kappa shape index (κ3) is 4.99. The molecule has 0 radical (unpaired) electrons. The smallest absolute Gasteiger partial charge is 0.305 e. The van der Waals surface area contributed by atoms with E-state index in [9.17, 15) is 23.9 Å². The maximum Gasteiger partial charge on any atom is 0.305 e. The third-order valence-electron chi connectivity index (χ3n) is 5.18. The molecule has 0 saturated heterocycles. The van der Waals surface area contributed by atoms with Gasteiger partial charge >= 0.3 is 5.97 Å². The first-order valence-corrected chi connectivity index (χ1v) is 9.46. The van der Waals surface area contributed by atoms with E-state index in [-0.39, 0.29) is 24.7 Å². The quantitative estimate of drug-likeness (QED) is 0.783. The van der Waals surface area contributed by atoms with Crippen LogP contribution in [0, 0.1) is 5.82 Å². The van der Waals surface area contributed by atoms with Crippen molar-refractivity contribution in [2.45, 2.75) is 38.3 Å². The summed E-state index contributed by atoms with van der Waals surface area (Å²) >= 11 is 0. The fourth-order valence-corrected chi connectivity index (χ4v) is 3.80. The van der Waals surface area contributed by atoms with Gasteiger partial charge in [-0.25, -0.2) is 4.39 Å². The molecule has 2 amide bonds. The maximum absolute atomic E-state index is 13.2. The Labute approximate surface area is 168 Å². The zero-order chi connectivity index (χ0) is 21.0. The molecule has 1 heterocycles. The van der Waals surface area contributed by atoms with Gasteiger partial charge in [0, 0.05) is 13.5 Å². The van der Waals surface area contributed by atoms with E-state index in [4.69, 9.17) is 0 Å². The predicted octanol–water partition coefficient (Wildman–Crippen LogP) is 2.99. The third-order valence-corrected chi connectivity index (χ3v) is 5.18. The number of amides is 2. The van der Waals surface area contributed by atoms with Crippen LogP contribution in [0.2, 0.25) is 0 Å². The van der Waals surface area contributed by atoms with Crippen molar-refractivity contribution in [3.05, 3.63) is 71.0 Å². The average molecular weight is 398 g/mol. The highest BCUT2D eigenvalue weighted by Gasteiger charge is 2.31. The van der Waals surface area contributed by atoms with Crippen LogP contribution in [0.3, 0.4) is 0 Å². The van der Waals surface area contributed by atoms with Crippen LogP contribution >= 0.6 is 0 Å². The fraction of sp³-hybridized carbons (Fsp3) is 0.318. The Balaban J connectivity index is 1.80. The SMILES string of the molecule is CC(=O)N1CCc2ccccc2C1CC(=O)NC(CC(=O)O)c1ccc(F)cc1. The lowest BCUT2D eigenvalue weighted by Gasteiger charge is -2.36. The highest BCUT2D eigenvalue weighted by Crippen LogP contribution is 2.32. The largest absolute Gasteiger partial charge is 0.481 e. The Morgan fingerprint density at radius 2 is 1.86 bits per heavy atom. The van der Waals surface area contributed by atoms with Crippen molar-refractivity contribution in [3.63, 3.8) is 0 Å². The van der Waals surface area contributed by atoms with Crippen molar-refractivity contribution in [1.29, 1.82) is 0 Å². The van der Waals surface area contributed by atoms with Gasteiger partial charge in [0.25, 0.3) is 0 Å². The van der Waals surface area contributed by atoms with Gasteiger partial charge in [0.05, 0.1) is 24.9 Å². The first-order valence-electron chi connectivity index (χ1n) is 9.46. The Kier molecular flexibility index (Phi) is 6.26. The number of nitrogens with one attached hydrogen (secondary N) is 1. The highest BCUT2D eigenvalue weighted by atomic mass is 19.1. The van der Waals surface area contributed by atoms with Crippen molar-refractivity contribution < 1.29 is 23.9 Å². The van der Waals surface area contributed by atoms with Gasteiger partial charge in [-0.05, 0) is 35.2 Å². The molecular formula is C22H23FN2O4. The number of carboxylic acid groups (broad SMARTS) is 1. The minimum atomic E-state index is -1.08. The van der Waals surface area contributed by atoms with Crippen LogP contribution in [0.5, 0.6) is 0 Å². The number of halogens is 1. The van der Waals surface area contributed by atoms with Crippen molar-refractivity contribution >= 4 is 17.8 Å². The van der Waals surface area contributed by atoms with Crippen molar-refractivity contribution in [2.24, 2.45) is 0 Å². The van der Waals surface area contributed by atoms with Gasteiger partial charge < -0.3 is 15.3 Å². The zero-order valence-corrected chi connectivity index (χ0v) is 16.1. The molecular weight excluding hydrogens is 375 g/mol. The molecule has 0 spiro atoms. The number of carboxylic acids is 1. The van der Waals surface area contributed by atoms with Gasteiger partial charge in [-0.15, -0.1) is 0 Å². The van der Waals surface area contributed by atoms with E-state index in [2.05, 4.69) is 5.32 Å². The molecule has 29 heavy (non-hydrogen) atoms. The van der Waals surface area contributed by atoms with Crippen LogP contribution in [0.4, 0.5) is 4.39 Å². The second kappa shape index (κ2) is 8.86. The average Bonchev–Trinajstić information content (AvgIpc) is 2.67. The Morgan fingerprint density at radius 1 is 1.17 bits per heavy atom. The summed E-state index contributed by atoms with van der Waals surface area (Å²) in [5.41, 5.74) is 2.54. The van der Waals surface area contributed by atoms with Gasteiger partial charge in [0.2, 0.25) is 11.8 Å². The van der Waals surface area contributed by atoms with E-state index in [0.717, 1.165) is 17.5 Å². The standard InChI is InChI=1S/C22H23FN2O4/c1-14(26)25-11-10-15-4-2-3-5-18(15)20(25)13-21(27)24-19(12-22(28)29)16-6-8-17(23)9-7-16/h2-9,19-20H,10-13H2,1H3,(H,24,27)(H,28,29). The van der Waals surface area contributed by atoms with Gasteiger partial charge in [0.1, 0.15) is 5.82 Å². The number of hydrogen-bond donors (Lipinski definition) is 2. The Morgan fingerprint density at radius 3 is 2.52 bits per heavy atom. The van der Waals surface area contributed by atoms with Gasteiger partial charge in [0.15, 0.2) is 0 Å². The molecule has 2 N–H and O–H groups in total. The lowest BCUT2D eigenvalue weighted by molar-refractivity contribution is -0.137. The van der Waals surface area contributed by atoms with E-state index >= 15 is 0 Å². The Hall–Kier alpha value is -3.22. The van der Waals surface area contributed by atoms with Crippen LogP contribution in [-0.2, 0) is 20.8 Å². The maximum atomic E-state index is 13.2. The summed E-state index contributed by atoms with van der Waals surface area (Å²) in [5.74, 6) is -2.00. The van der Waals surface area contributed by atoms with E-state index in [1.165, 1.54) is 31.2 Å². The molecule has 1 aliphatic rings. The van der Waals surface area contributed by atoms with E-state index < -0.39 is 23.9 Å². The van der Waals surface area contributed by atoms with Crippen LogP contribution in [0.25, 0.3) is 0 Å². The molecule has 0 aliphatic carbocycles. The first kappa shape index (κ1) is 20.5. The molecule has 0 fully saturated rings. The molecule has 0 saturated carbocycles. The molecule has 2 unspecified atom stereocenters. The molecule has 152 valence electrons. The van der Waals surface area contributed by atoms with Crippen molar-refractivity contribution in [1.82, 2.24) is 10.2 Å². The summed E-state index contributed by atoms with van der Waals surface area (Å²) in [5, 5.41) is 11.9. The highest BCUT2D eigenvalue weighted by molar-refractivity contribution is 5.80. The van der Waals surface area contributed by atoms with Gasteiger partial charge in [-0.1, -0.05) is 36.4 Å². The molecule has 0 aromatic heterocycles. The first-order chi connectivity index (χ1) is 13.8. The summed E-state index contributed by atoms with van der Waals surface area (Å²) in [7, 11) is 0. The topological polar surface area (TPSA) is 86.7 Å². The molecule has 0 bridgehead atoms. The van der Waals surface area contributed by atoms with E-state index in [1.54, 1.807) is 4.90 Å². The van der Waals surface area contributed by atoms with E-state index in [0.29, 0.717) is 12.1 Å². The monoisotopic (exact) mass is 398 g/mol. The lowest BCUT2D eigenvalue weighted by Crippen LogP contribution is -2.41. The van der Waals surface area contributed by atoms with Gasteiger partial charge in [-0.3, -0.25) is 14.4 Å². The molecule has 3 rings (SSSR count). The summed E-state index contributed by atoms with van der Waals surface area (Å²) in [6.45, 7) is 2.01. The van der Waals surface area contributed by atoms with Crippen LogP contribution in [0.1, 0.15) is 48.5 Å². The van der Waals surface area contributed by atoms with E-state index in [1.807, 2.05) is 24.3 Å². The summed E-state index contributed by atoms with van der Waals surface area (Å²) in [6.07, 6.45) is 0.425. The van der Waals surface area contributed by atoms with Gasteiger partial charge in [-0.2, -0.15) is 0 Å². The molecule has 7 heteroatoms. The summed E-state index contributed by atoms with van der Waals surface area (Å²) < 4.78 is 13.2. The second-order valence-electron chi connectivity index (χ2n) is 7.15. The molecule has 2 atom stereocenters. The number of fused-ring (bicyclic) bond motifs is 1. The van der Waals surface area contributed by atoms with Crippen molar-refractivity contribution in [3.8, 4) is 0 Å². The summed E-state index contributed by atoms with van der Waals surface area (Å²) in [4.78, 5) is 37.8. The van der Waals surface area contributed by atoms with Crippen LogP contribution < -0.4 is 5.32 Å². The minimum absolute atomic E-state index is 0.0217. The second-order valence-corrected chi connectivity index (χ2v) is 7.15. The number of carbonyl (C=O) groups is 3. The van der Waals surface area contributed by atoms with Crippen LogP contribution in [0.15, 0.2) is 48.5 Å². The number of rotatable bonds is 6. The zero-order valence-electron chi connectivity index (χ0n) is 16.1. The summed E-state index contributed by atoms with van der Waals surface area (Å²) in [6, 6.07) is 11.9. The number of hydrogen-bond acceptors (Lipinski definition) is 3. The normalized spacial score (nSPS) is 16.6. The number of benzene rings is 2. The molecule has 1 aliphatic heterocycles.